The van der Waals surface area contributed by atoms with Gasteiger partial charge in [-0.15, -0.1) is 0 Å². The van der Waals surface area contributed by atoms with Gasteiger partial charge in [-0.25, -0.2) is 13.2 Å². The first kappa shape index (κ1) is 18.8. The molecule has 0 nitrogen and oxygen atoms in total. The van der Waals surface area contributed by atoms with Crippen LogP contribution in [0.25, 0.3) is 11.7 Å². The average molecular weight is 358 g/mol. The molecule has 1 saturated carbocycles. The van der Waals surface area contributed by atoms with Crippen LogP contribution in [0.15, 0.2) is 48.5 Å². The van der Waals surface area contributed by atoms with Gasteiger partial charge in [-0.3, -0.25) is 0 Å². The second kappa shape index (κ2) is 8.57. The van der Waals surface area contributed by atoms with E-state index in [9.17, 15) is 13.2 Å². The third-order valence-electron chi connectivity index (χ3n) is 5.47. The van der Waals surface area contributed by atoms with Gasteiger partial charge in [0, 0.05) is 11.1 Å². The van der Waals surface area contributed by atoms with Gasteiger partial charge in [0.25, 0.3) is 0 Å². The highest BCUT2D eigenvalue weighted by Gasteiger charge is 2.22. The standard InChI is InChI=1S/C23H25F3/c1-2-3-16-4-6-17(7-5-16)18-8-10-19(11-9-18)22(25)23(26)20-12-14-21(24)15-13-20/h8-17H,2-7H2,1H3. The van der Waals surface area contributed by atoms with E-state index in [-0.39, 0.29) is 11.1 Å². The molecule has 3 rings (SSSR count). The minimum atomic E-state index is -0.960. The van der Waals surface area contributed by atoms with Crippen LogP contribution >= 0.6 is 0 Å². The Hall–Kier alpha value is -2.03. The fourth-order valence-electron chi connectivity index (χ4n) is 3.94. The van der Waals surface area contributed by atoms with Crippen molar-refractivity contribution in [1.29, 1.82) is 0 Å². The predicted octanol–water partition coefficient (Wildman–Crippen LogP) is 7.66. The van der Waals surface area contributed by atoms with Crippen LogP contribution in [-0.4, -0.2) is 0 Å². The Labute approximate surface area is 153 Å². The lowest BCUT2D eigenvalue weighted by Crippen LogP contribution is -2.13. The number of hydrogen-bond donors (Lipinski definition) is 0. The van der Waals surface area contributed by atoms with Crippen LogP contribution in [0.3, 0.4) is 0 Å². The molecule has 138 valence electrons. The average Bonchev–Trinajstić information content (AvgIpc) is 2.68. The van der Waals surface area contributed by atoms with E-state index >= 15 is 0 Å². The summed E-state index contributed by atoms with van der Waals surface area (Å²) in [6.45, 7) is 2.23. The molecule has 1 aliphatic carbocycles. The number of halogens is 3. The van der Waals surface area contributed by atoms with Crippen molar-refractivity contribution in [2.75, 3.05) is 0 Å². The molecule has 0 bridgehead atoms. The Kier molecular flexibility index (Phi) is 6.18. The zero-order valence-electron chi connectivity index (χ0n) is 15.2. The molecule has 0 heterocycles. The van der Waals surface area contributed by atoms with E-state index in [1.807, 2.05) is 12.1 Å². The summed E-state index contributed by atoms with van der Waals surface area (Å²) in [7, 11) is 0. The Morgan fingerprint density at radius 2 is 1.31 bits per heavy atom. The lowest BCUT2D eigenvalue weighted by Gasteiger charge is -2.28. The molecule has 0 aliphatic heterocycles. The lowest BCUT2D eigenvalue weighted by molar-refractivity contribution is 0.308. The monoisotopic (exact) mass is 358 g/mol. The second-order valence-corrected chi connectivity index (χ2v) is 7.26. The van der Waals surface area contributed by atoms with Gasteiger partial charge in [0.05, 0.1) is 0 Å². The van der Waals surface area contributed by atoms with Gasteiger partial charge in [0.15, 0.2) is 11.7 Å². The maximum Gasteiger partial charge on any atom is 0.166 e. The highest BCUT2D eigenvalue weighted by Crippen LogP contribution is 2.38. The van der Waals surface area contributed by atoms with Crippen LogP contribution < -0.4 is 0 Å². The van der Waals surface area contributed by atoms with Crippen molar-refractivity contribution in [1.82, 2.24) is 0 Å². The SMILES string of the molecule is CCCC1CCC(c2ccc(C(F)=C(F)c3ccc(F)cc3)cc2)CC1. The highest BCUT2D eigenvalue weighted by atomic mass is 19.2. The van der Waals surface area contributed by atoms with Gasteiger partial charge in [-0.2, -0.15) is 0 Å². The van der Waals surface area contributed by atoms with E-state index in [1.165, 1.54) is 56.2 Å². The topological polar surface area (TPSA) is 0 Å². The number of hydrogen-bond acceptors (Lipinski definition) is 0. The van der Waals surface area contributed by atoms with E-state index in [0.717, 1.165) is 18.1 Å². The minimum Gasteiger partial charge on any atom is -0.207 e. The van der Waals surface area contributed by atoms with Gasteiger partial charge < -0.3 is 0 Å². The fourth-order valence-corrected chi connectivity index (χ4v) is 3.94. The summed E-state index contributed by atoms with van der Waals surface area (Å²) in [5.74, 6) is -0.973. The molecule has 0 saturated heterocycles. The Bertz CT molecular complexity index is 736. The first-order chi connectivity index (χ1) is 12.6. The molecular formula is C23H25F3. The predicted molar refractivity (Wildman–Crippen MR) is 101 cm³/mol. The van der Waals surface area contributed by atoms with Gasteiger partial charge in [-0.05, 0) is 67.3 Å². The van der Waals surface area contributed by atoms with E-state index in [4.69, 9.17) is 0 Å². The van der Waals surface area contributed by atoms with Gasteiger partial charge >= 0.3 is 0 Å². The summed E-state index contributed by atoms with van der Waals surface area (Å²) in [4.78, 5) is 0. The zero-order valence-corrected chi connectivity index (χ0v) is 15.2. The first-order valence-electron chi connectivity index (χ1n) is 9.50. The normalized spacial score (nSPS) is 21.4. The molecule has 0 amide bonds. The third kappa shape index (κ3) is 4.38. The van der Waals surface area contributed by atoms with Crippen molar-refractivity contribution in [3.05, 3.63) is 71.0 Å². The molecule has 0 spiro atoms. The Morgan fingerprint density at radius 1 is 0.808 bits per heavy atom. The van der Waals surface area contributed by atoms with Crippen LogP contribution in [0.4, 0.5) is 13.2 Å². The molecule has 0 atom stereocenters. The molecule has 26 heavy (non-hydrogen) atoms. The van der Waals surface area contributed by atoms with Gasteiger partial charge in [0.1, 0.15) is 5.82 Å². The molecule has 1 aliphatic rings. The summed E-state index contributed by atoms with van der Waals surface area (Å²) in [6, 6.07) is 11.9. The van der Waals surface area contributed by atoms with Crippen molar-refractivity contribution >= 4 is 11.7 Å². The summed E-state index contributed by atoms with van der Waals surface area (Å²) in [5, 5.41) is 0. The highest BCUT2D eigenvalue weighted by molar-refractivity contribution is 5.83. The van der Waals surface area contributed by atoms with Crippen LogP contribution in [-0.2, 0) is 0 Å². The molecule has 2 aromatic rings. The number of benzene rings is 2. The molecule has 0 aromatic heterocycles. The van der Waals surface area contributed by atoms with Crippen molar-refractivity contribution in [2.24, 2.45) is 5.92 Å². The zero-order chi connectivity index (χ0) is 18.5. The molecule has 1 fully saturated rings. The van der Waals surface area contributed by atoms with Crippen molar-refractivity contribution in [2.45, 2.75) is 51.4 Å². The minimum absolute atomic E-state index is 0.0437. The van der Waals surface area contributed by atoms with Gasteiger partial charge in [0.2, 0.25) is 0 Å². The Morgan fingerprint density at radius 3 is 1.81 bits per heavy atom. The maximum absolute atomic E-state index is 14.4. The molecule has 0 unspecified atom stereocenters. The fraction of sp³-hybridized carbons (Fsp3) is 0.391. The van der Waals surface area contributed by atoms with Crippen molar-refractivity contribution in [3.8, 4) is 0 Å². The molecular weight excluding hydrogens is 333 g/mol. The van der Waals surface area contributed by atoms with Gasteiger partial charge in [-0.1, -0.05) is 44.0 Å². The molecule has 0 radical (unpaired) electrons. The van der Waals surface area contributed by atoms with Crippen molar-refractivity contribution < 1.29 is 13.2 Å². The second-order valence-electron chi connectivity index (χ2n) is 7.26. The Balaban J connectivity index is 1.71. The summed E-state index contributed by atoms with van der Waals surface area (Å²) >= 11 is 0. The van der Waals surface area contributed by atoms with Crippen molar-refractivity contribution in [3.63, 3.8) is 0 Å². The largest absolute Gasteiger partial charge is 0.207 e. The lowest BCUT2D eigenvalue weighted by atomic mass is 9.77. The van der Waals surface area contributed by atoms with Crippen LogP contribution in [0.2, 0.25) is 0 Å². The van der Waals surface area contributed by atoms with E-state index in [0.29, 0.717) is 5.92 Å². The summed E-state index contributed by atoms with van der Waals surface area (Å²) < 4.78 is 41.7. The third-order valence-corrected chi connectivity index (χ3v) is 5.47. The van der Waals surface area contributed by atoms with Crippen LogP contribution in [0, 0.1) is 11.7 Å². The maximum atomic E-state index is 14.4. The smallest absolute Gasteiger partial charge is 0.166 e. The summed E-state index contributed by atoms with van der Waals surface area (Å²) in [6.07, 6.45) is 7.42. The quantitative estimate of drug-likeness (QED) is 0.481. The van der Waals surface area contributed by atoms with E-state index < -0.39 is 17.5 Å². The van der Waals surface area contributed by atoms with Crippen LogP contribution in [0.5, 0.6) is 0 Å². The molecule has 3 heteroatoms. The number of rotatable bonds is 5. The van der Waals surface area contributed by atoms with E-state index in [2.05, 4.69) is 6.92 Å². The van der Waals surface area contributed by atoms with Crippen LogP contribution in [0.1, 0.15) is 68.1 Å². The molecule has 0 N–H and O–H groups in total. The van der Waals surface area contributed by atoms with E-state index in [1.54, 1.807) is 12.1 Å². The molecule has 2 aromatic carbocycles. The first-order valence-corrected chi connectivity index (χ1v) is 9.50. The summed E-state index contributed by atoms with van der Waals surface area (Å²) in [5.41, 5.74) is 1.47.